The van der Waals surface area contributed by atoms with Crippen LogP contribution in [0.5, 0.6) is 11.5 Å². The molecule has 1 aliphatic heterocycles. The highest BCUT2D eigenvalue weighted by atomic mass is 16.5. The van der Waals surface area contributed by atoms with Gasteiger partial charge in [0, 0.05) is 13.1 Å². The number of benzene rings is 2. The highest BCUT2D eigenvalue weighted by Gasteiger charge is 2.18. The Morgan fingerprint density at radius 2 is 2.00 bits per heavy atom. The lowest BCUT2D eigenvalue weighted by Crippen LogP contribution is -2.31. The Balaban J connectivity index is 1.67. The molecule has 0 unspecified atom stereocenters. The van der Waals surface area contributed by atoms with E-state index >= 15 is 0 Å². The summed E-state index contributed by atoms with van der Waals surface area (Å²) in [5.41, 5.74) is 0. The van der Waals surface area contributed by atoms with E-state index in [4.69, 9.17) is 4.74 Å². The molecule has 1 saturated heterocycles. The summed E-state index contributed by atoms with van der Waals surface area (Å²) in [7, 11) is 0. The summed E-state index contributed by atoms with van der Waals surface area (Å²) < 4.78 is 5.58. The number of carbonyl (C=O) groups excluding carboxylic acids is 1. The average Bonchev–Trinajstić information content (AvgIpc) is 2.85. The van der Waals surface area contributed by atoms with E-state index in [1.807, 2.05) is 30.3 Å². The Hall–Kier alpha value is -2.43. The molecule has 2 aromatic carbocycles. The van der Waals surface area contributed by atoms with Gasteiger partial charge in [-0.2, -0.15) is 0 Å². The number of ether oxygens (including phenoxy) is 1. The third-order valence-electron chi connectivity index (χ3n) is 3.39. The first kappa shape index (κ1) is 12.6. The zero-order valence-electron chi connectivity index (χ0n) is 11.0. The van der Waals surface area contributed by atoms with Crippen LogP contribution in [-0.2, 0) is 0 Å². The molecule has 0 bridgehead atoms. The molecule has 2 aromatic rings. The number of hydrogen-bond acceptors (Lipinski definition) is 3. The SMILES string of the molecule is O=C1NCCN1CCOc1cc2ccccc2cc1O. The van der Waals surface area contributed by atoms with Crippen molar-refractivity contribution in [2.45, 2.75) is 0 Å². The van der Waals surface area contributed by atoms with E-state index in [0.717, 1.165) is 10.8 Å². The number of aromatic hydroxyl groups is 1. The molecule has 1 heterocycles. The van der Waals surface area contributed by atoms with E-state index in [-0.39, 0.29) is 11.8 Å². The molecule has 5 nitrogen and oxygen atoms in total. The smallest absolute Gasteiger partial charge is 0.317 e. The molecule has 2 N–H and O–H groups in total. The molecule has 20 heavy (non-hydrogen) atoms. The molecule has 2 amide bonds. The summed E-state index contributed by atoms with van der Waals surface area (Å²) in [6, 6.07) is 11.2. The molecule has 1 fully saturated rings. The van der Waals surface area contributed by atoms with Crippen molar-refractivity contribution in [3.05, 3.63) is 36.4 Å². The fourth-order valence-electron chi connectivity index (χ4n) is 2.31. The fourth-order valence-corrected chi connectivity index (χ4v) is 2.31. The van der Waals surface area contributed by atoms with Crippen LogP contribution in [0.3, 0.4) is 0 Å². The van der Waals surface area contributed by atoms with Crippen LogP contribution in [0.25, 0.3) is 10.8 Å². The maximum absolute atomic E-state index is 11.4. The number of phenolic OH excluding ortho intramolecular Hbond substituents is 1. The minimum Gasteiger partial charge on any atom is -0.504 e. The molecule has 5 heteroatoms. The minimum atomic E-state index is -0.0590. The molecule has 0 spiro atoms. The molecular formula is C15H16N2O3. The molecule has 0 radical (unpaired) electrons. The maximum Gasteiger partial charge on any atom is 0.317 e. The van der Waals surface area contributed by atoms with Crippen LogP contribution in [0, 0.1) is 0 Å². The lowest BCUT2D eigenvalue weighted by molar-refractivity contribution is 0.201. The van der Waals surface area contributed by atoms with Crippen LogP contribution in [0.2, 0.25) is 0 Å². The average molecular weight is 272 g/mol. The van der Waals surface area contributed by atoms with Gasteiger partial charge in [-0.1, -0.05) is 24.3 Å². The molecule has 1 aliphatic rings. The Morgan fingerprint density at radius 1 is 1.25 bits per heavy atom. The fraction of sp³-hybridized carbons (Fsp3) is 0.267. The first-order valence-electron chi connectivity index (χ1n) is 6.61. The number of fused-ring (bicyclic) bond motifs is 1. The Kier molecular flexibility index (Phi) is 3.33. The van der Waals surface area contributed by atoms with Crippen LogP contribution < -0.4 is 10.1 Å². The van der Waals surface area contributed by atoms with Crippen molar-refractivity contribution < 1.29 is 14.6 Å². The van der Waals surface area contributed by atoms with Crippen molar-refractivity contribution in [2.75, 3.05) is 26.2 Å². The summed E-state index contributed by atoms with van der Waals surface area (Å²) in [5.74, 6) is 0.567. The number of nitrogens with one attached hydrogen (secondary N) is 1. The van der Waals surface area contributed by atoms with Crippen molar-refractivity contribution in [3.8, 4) is 11.5 Å². The quantitative estimate of drug-likeness (QED) is 0.894. The Labute approximate surface area is 116 Å². The second-order valence-electron chi connectivity index (χ2n) is 4.73. The minimum absolute atomic E-state index is 0.0590. The molecule has 0 aliphatic carbocycles. The lowest BCUT2D eigenvalue weighted by Gasteiger charge is -2.15. The summed E-state index contributed by atoms with van der Waals surface area (Å²) in [4.78, 5) is 13.1. The van der Waals surface area contributed by atoms with Gasteiger partial charge in [-0.05, 0) is 22.9 Å². The van der Waals surface area contributed by atoms with Crippen molar-refractivity contribution in [1.29, 1.82) is 0 Å². The zero-order chi connectivity index (χ0) is 13.9. The largest absolute Gasteiger partial charge is 0.504 e. The predicted molar refractivity (Wildman–Crippen MR) is 76.1 cm³/mol. The van der Waals surface area contributed by atoms with E-state index in [1.165, 1.54) is 0 Å². The number of hydrogen-bond donors (Lipinski definition) is 2. The number of amides is 2. The summed E-state index contributed by atoms with van der Waals surface area (Å²) >= 11 is 0. The lowest BCUT2D eigenvalue weighted by atomic mass is 10.1. The van der Waals surface area contributed by atoms with Crippen molar-refractivity contribution in [3.63, 3.8) is 0 Å². The topological polar surface area (TPSA) is 61.8 Å². The van der Waals surface area contributed by atoms with Gasteiger partial charge in [-0.15, -0.1) is 0 Å². The number of nitrogens with zero attached hydrogens (tertiary/aromatic N) is 1. The van der Waals surface area contributed by atoms with Crippen LogP contribution in [0.15, 0.2) is 36.4 Å². The monoisotopic (exact) mass is 272 g/mol. The number of urea groups is 1. The molecule has 104 valence electrons. The van der Waals surface area contributed by atoms with Crippen molar-refractivity contribution in [1.82, 2.24) is 10.2 Å². The number of carbonyl (C=O) groups is 1. The summed E-state index contributed by atoms with van der Waals surface area (Å²) in [6.45, 7) is 2.25. The standard InChI is InChI=1S/C15H16N2O3/c18-13-9-11-3-1-2-4-12(11)10-14(13)20-8-7-17-6-5-16-15(17)19/h1-4,9-10,18H,5-8H2,(H,16,19). The van der Waals surface area contributed by atoms with E-state index in [9.17, 15) is 9.90 Å². The van der Waals surface area contributed by atoms with Gasteiger partial charge >= 0.3 is 6.03 Å². The second kappa shape index (κ2) is 5.28. The first-order valence-corrected chi connectivity index (χ1v) is 6.61. The van der Waals surface area contributed by atoms with Gasteiger partial charge in [0.05, 0.1) is 6.54 Å². The van der Waals surface area contributed by atoms with Crippen LogP contribution in [0.4, 0.5) is 4.79 Å². The highest BCUT2D eigenvalue weighted by molar-refractivity contribution is 5.85. The molecule has 0 aromatic heterocycles. The van der Waals surface area contributed by atoms with Gasteiger partial charge in [0.2, 0.25) is 0 Å². The van der Waals surface area contributed by atoms with Crippen LogP contribution in [0.1, 0.15) is 0 Å². The third kappa shape index (κ3) is 2.47. The molecule has 3 rings (SSSR count). The first-order chi connectivity index (χ1) is 9.74. The van der Waals surface area contributed by atoms with Gasteiger partial charge in [-0.3, -0.25) is 0 Å². The predicted octanol–water partition coefficient (Wildman–Crippen LogP) is 1.95. The van der Waals surface area contributed by atoms with E-state index in [1.54, 1.807) is 11.0 Å². The molecular weight excluding hydrogens is 256 g/mol. The molecule has 0 saturated carbocycles. The van der Waals surface area contributed by atoms with E-state index in [0.29, 0.717) is 32.0 Å². The third-order valence-corrected chi connectivity index (χ3v) is 3.39. The Bertz CT molecular complexity index is 642. The van der Waals surface area contributed by atoms with Gasteiger partial charge < -0.3 is 20.1 Å². The highest BCUT2D eigenvalue weighted by Crippen LogP contribution is 2.31. The van der Waals surface area contributed by atoms with E-state index < -0.39 is 0 Å². The summed E-state index contributed by atoms with van der Waals surface area (Å²) in [5, 5.41) is 14.7. The van der Waals surface area contributed by atoms with Gasteiger partial charge in [0.1, 0.15) is 6.61 Å². The van der Waals surface area contributed by atoms with Gasteiger partial charge in [0.15, 0.2) is 11.5 Å². The normalized spacial score (nSPS) is 14.6. The summed E-state index contributed by atoms with van der Waals surface area (Å²) in [6.07, 6.45) is 0. The zero-order valence-corrected chi connectivity index (χ0v) is 11.0. The maximum atomic E-state index is 11.4. The Morgan fingerprint density at radius 3 is 2.70 bits per heavy atom. The second-order valence-corrected chi connectivity index (χ2v) is 4.73. The van der Waals surface area contributed by atoms with Crippen molar-refractivity contribution >= 4 is 16.8 Å². The number of rotatable bonds is 4. The molecule has 0 atom stereocenters. The van der Waals surface area contributed by atoms with Gasteiger partial charge in [0.25, 0.3) is 0 Å². The van der Waals surface area contributed by atoms with Crippen LogP contribution in [-0.4, -0.2) is 42.3 Å². The van der Waals surface area contributed by atoms with Crippen molar-refractivity contribution in [2.24, 2.45) is 0 Å². The number of phenols is 1. The van der Waals surface area contributed by atoms with Crippen LogP contribution >= 0.6 is 0 Å². The van der Waals surface area contributed by atoms with Gasteiger partial charge in [-0.25, -0.2) is 4.79 Å². The van der Waals surface area contributed by atoms with E-state index in [2.05, 4.69) is 5.32 Å².